The van der Waals surface area contributed by atoms with Crippen molar-refractivity contribution in [3.8, 4) is 0 Å². The Morgan fingerprint density at radius 3 is 2.60 bits per heavy atom. The molecular formula is C9H17N3O2S. The van der Waals surface area contributed by atoms with Gasteiger partial charge in [-0.25, -0.2) is 0 Å². The number of thiazole rings is 1. The Hall–Kier alpha value is -0.980. The summed E-state index contributed by atoms with van der Waals surface area (Å²) < 4.78 is 0. The van der Waals surface area contributed by atoms with Gasteiger partial charge in [-0.2, -0.15) is 0 Å². The van der Waals surface area contributed by atoms with Crippen molar-refractivity contribution in [3.05, 3.63) is 17.1 Å². The van der Waals surface area contributed by atoms with Gasteiger partial charge in [-0.05, 0) is 19.4 Å². The van der Waals surface area contributed by atoms with Crippen LogP contribution in [-0.4, -0.2) is 28.6 Å². The summed E-state index contributed by atoms with van der Waals surface area (Å²) in [7, 11) is 0. The number of hydrogen-bond donors (Lipinski definition) is 3. The van der Waals surface area contributed by atoms with Gasteiger partial charge < -0.3 is 16.6 Å². The quantitative estimate of drug-likeness (QED) is 0.646. The maximum Gasteiger partial charge on any atom is 0.320 e. The Morgan fingerprint density at radius 1 is 1.53 bits per heavy atom. The fraction of sp³-hybridized carbons (Fsp3) is 0.556. The van der Waals surface area contributed by atoms with E-state index < -0.39 is 12.0 Å². The highest BCUT2D eigenvalue weighted by atomic mass is 32.1. The van der Waals surface area contributed by atoms with Gasteiger partial charge in [0.1, 0.15) is 6.04 Å². The molecule has 0 saturated carbocycles. The summed E-state index contributed by atoms with van der Waals surface area (Å²) in [5.74, 6) is -0.933. The van der Waals surface area contributed by atoms with Gasteiger partial charge in [0.2, 0.25) is 0 Å². The Bertz CT molecular complexity index is 224. The minimum absolute atomic E-state index is 0.520. The van der Waals surface area contributed by atoms with E-state index in [0.717, 1.165) is 12.8 Å². The van der Waals surface area contributed by atoms with Crippen LogP contribution in [0, 0.1) is 0 Å². The maximum atomic E-state index is 10.1. The van der Waals surface area contributed by atoms with Crippen molar-refractivity contribution in [1.82, 2.24) is 4.98 Å². The maximum absolute atomic E-state index is 10.1. The summed E-state index contributed by atoms with van der Waals surface area (Å²) in [6.07, 6.45) is 3.93. The van der Waals surface area contributed by atoms with E-state index in [1.165, 1.54) is 0 Å². The van der Waals surface area contributed by atoms with Crippen molar-refractivity contribution in [3.63, 3.8) is 0 Å². The smallest absolute Gasteiger partial charge is 0.320 e. The molecule has 0 aliphatic rings. The highest BCUT2D eigenvalue weighted by Crippen LogP contribution is 1.96. The zero-order valence-electron chi connectivity index (χ0n) is 8.50. The molecule has 1 heterocycles. The van der Waals surface area contributed by atoms with Crippen molar-refractivity contribution in [1.29, 1.82) is 0 Å². The van der Waals surface area contributed by atoms with E-state index in [9.17, 15) is 4.79 Å². The minimum Gasteiger partial charge on any atom is -0.480 e. The molecule has 5 N–H and O–H groups in total. The summed E-state index contributed by atoms with van der Waals surface area (Å²) in [6.45, 7) is 0.604. The number of aromatic nitrogens is 1. The Balaban J connectivity index is 0.000000322. The van der Waals surface area contributed by atoms with Gasteiger partial charge in [0.05, 0.1) is 5.51 Å². The summed E-state index contributed by atoms with van der Waals surface area (Å²) in [5, 5.41) is 10.3. The van der Waals surface area contributed by atoms with Crippen LogP contribution in [0.4, 0.5) is 0 Å². The molecule has 15 heavy (non-hydrogen) atoms. The predicted octanol–water partition coefficient (Wildman–Crippen LogP) is 0.670. The summed E-state index contributed by atoms with van der Waals surface area (Å²) >= 11 is 1.60. The van der Waals surface area contributed by atoms with Gasteiger partial charge in [-0.1, -0.05) is 6.42 Å². The van der Waals surface area contributed by atoms with Crippen molar-refractivity contribution < 1.29 is 9.90 Å². The van der Waals surface area contributed by atoms with Crippen molar-refractivity contribution in [2.24, 2.45) is 11.5 Å². The molecule has 0 saturated heterocycles. The number of unbranched alkanes of at least 4 members (excludes halogenated alkanes) is 1. The largest absolute Gasteiger partial charge is 0.480 e. The molecule has 0 aliphatic carbocycles. The lowest BCUT2D eigenvalue weighted by Gasteiger charge is -2.03. The zero-order valence-corrected chi connectivity index (χ0v) is 9.32. The standard InChI is InChI=1S/C6H14N2O2.C3H3NS/c7-4-2-1-3-5(8)6(9)10;1-2-5-3-4-1/h5H,1-4,7-8H2,(H,9,10);1-3H/t5-;/m0./s1. The highest BCUT2D eigenvalue weighted by molar-refractivity contribution is 7.07. The molecule has 6 heteroatoms. The summed E-state index contributed by atoms with van der Waals surface area (Å²) in [5.41, 5.74) is 12.2. The van der Waals surface area contributed by atoms with E-state index >= 15 is 0 Å². The third-order valence-electron chi connectivity index (χ3n) is 1.63. The van der Waals surface area contributed by atoms with E-state index in [1.54, 1.807) is 23.0 Å². The second-order valence-electron chi connectivity index (χ2n) is 2.90. The number of carboxylic acids is 1. The number of carboxylic acid groups (broad SMARTS) is 1. The van der Waals surface area contributed by atoms with Crippen LogP contribution in [0.1, 0.15) is 19.3 Å². The number of carbonyl (C=O) groups is 1. The number of hydrogen-bond acceptors (Lipinski definition) is 5. The van der Waals surface area contributed by atoms with Gasteiger partial charge >= 0.3 is 5.97 Å². The average Bonchev–Trinajstić information content (AvgIpc) is 2.75. The molecule has 1 aromatic rings. The van der Waals surface area contributed by atoms with Crippen LogP contribution < -0.4 is 11.5 Å². The molecule has 0 aliphatic heterocycles. The molecule has 0 radical (unpaired) electrons. The first-order valence-corrected chi connectivity index (χ1v) is 5.63. The molecule has 0 fully saturated rings. The fourth-order valence-electron chi connectivity index (χ4n) is 0.808. The third-order valence-corrected chi connectivity index (χ3v) is 2.16. The second-order valence-corrected chi connectivity index (χ2v) is 3.66. The summed E-state index contributed by atoms with van der Waals surface area (Å²) in [6, 6.07) is -0.716. The first-order valence-electron chi connectivity index (χ1n) is 4.69. The van der Waals surface area contributed by atoms with Crippen LogP contribution in [0.5, 0.6) is 0 Å². The topological polar surface area (TPSA) is 102 Å². The van der Waals surface area contributed by atoms with Gasteiger partial charge in [-0.15, -0.1) is 11.3 Å². The van der Waals surface area contributed by atoms with Crippen LogP contribution in [0.15, 0.2) is 17.1 Å². The molecule has 5 nitrogen and oxygen atoms in total. The first kappa shape index (κ1) is 14.0. The lowest BCUT2D eigenvalue weighted by Crippen LogP contribution is -2.29. The van der Waals surface area contributed by atoms with E-state index in [4.69, 9.17) is 16.6 Å². The van der Waals surface area contributed by atoms with Crippen molar-refractivity contribution in [2.45, 2.75) is 25.3 Å². The molecule has 1 rings (SSSR count). The van der Waals surface area contributed by atoms with E-state index in [0.29, 0.717) is 13.0 Å². The third kappa shape index (κ3) is 9.33. The average molecular weight is 231 g/mol. The summed E-state index contributed by atoms with van der Waals surface area (Å²) in [4.78, 5) is 13.9. The number of nitrogens with zero attached hydrogens (tertiary/aromatic N) is 1. The Kier molecular flexibility index (Phi) is 8.95. The van der Waals surface area contributed by atoms with Crippen LogP contribution in [-0.2, 0) is 4.79 Å². The molecule has 0 aromatic carbocycles. The predicted molar refractivity (Wildman–Crippen MR) is 60.6 cm³/mol. The number of aliphatic carboxylic acids is 1. The van der Waals surface area contributed by atoms with Crippen molar-refractivity contribution >= 4 is 17.3 Å². The van der Waals surface area contributed by atoms with Crippen LogP contribution in [0.2, 0.25) is 0 Å². The molecule has 0 spiro atoms. The van der Waals surface area contributed by atoms with Crippen molar-refractivity contribution in [2.75, 3.05) is 6.54 Å². The minimum atomic E-state index is -0.933. The molecule has 1 atom stereocenters. The van der Waals surface area contributed by atoms with Crippen LogP contribution >= 0.6 is 11.3 Å². The molecule has 0 unspecified atom stereocenters. The lowest BCUT2D eigenvalue weighted by molar-refractivity contribution is -0.138. The van der Waals surface area contributed by atoms with E-state index in [1.807, 2.05) is 5.38 Å². The van der Waals surface area contributed by atoms with Crippen LogP contribution in [0.25, 0.3) is 0 Å². The molecular weight excluding hydrogens is 214 g/mol. The normalized spacial score (nSPS) is 11.3. The van der Waals surface area contributed by atoms with Gasteiger partial charge in [0, 0.05) is 11.6 Å². The lowest BCUT2D eigenvalue weighted by atomic mass is 10.1. The zero-order chi connectivity index (χ0) is 11.5. The SMILES string of the molecule is NCCCC[C@H](N)C(=O)O.c1cscn1. The molecule has 0 bridgehead atoms. The van der Waals surface area contributed by atoms with E-state index in [-0.39, 0.29) is 0 Å². The first-order chi connectivity index (χ1) is 7.18. The highest BCUT2D eigenvalue weighted by Gasteiger charge is 2.09. The Morgan fingerprint density at radius 2 is 2.27 bits per heavy atom. The van der Waals surface area contributed by atoms with Crippen LogP contribution in [0.3, 0.4) is 0 Å². The Labute approximate surface area is 93.1 Å². The van der Waals surface area contributed by atoms with Gasteiger partial charge in [0.25, 0.3) is 0 Å². The number of nitrogens with two attached hydrogens (primary N) is 2. The monoisotopic (exact) mass is 231 g/mol. The van der Waals surface area contributed by atoms with E-state index in [2.05, 4.69) is 4.98 Å². The second kappa shape index (κ2) is 9.57. The van der Waals surface area contributed by atoms with Gasteiger partial charge in [-0.3, -0.25) is 9.78 Å². The number of rotatable bonds is 5. The molecule has 0 amide bonds. The fourth-order valence-corrected chi connectivity index (χ4v) is 1.16. The molecule has 86 valence electrons. The van der Waals surface area contributed by atoms with Gasteiger partial charge in [0.15, 0.2) is 0 Å². The molecule has 1 aromatic heterocycles.